The lowest BCUT2D eigenvalue weighted by Gasteiger charge is -2.13. The standard InChI is InChI=1S/C6H3BF3N2/c8-7(9,10)5-1-2-12-6(3-5)4-11/h1-3H/q-1. The second-order valence-corrected chi connectivity index (χ2v) is 2.16. The molecular weight excluding hydrogens is 168 g/mol. The molecule has 1 heterocycles. The van der Waals surface area contributed by atoms with Gasteiger partial charge in [0.2, 0.25) is 0 Å². The molecule has 0 amide bonds. The summed E-state index contributed by atoms with van der Waals surface area (Å²) in [4.78, 5) is 3.42. The smallest absolute Gasteiger partial charge is 0.445 e. The minimum atomic E-state index is -5.02. The topological polar surface area (TPSA) is 36.7 Å². The molecule has 2 nitrogen and oxygen atoms in total. The van der Waals surface area contributed by atoms with E-state index < -0.39 is 12.4 Å². The summed E-state index contributed by atoms with van der Waals surface area (Å²) in [5, 5.41) is 8.25. The molecule has 0 aromatic carbocycles. The molecule has 1 aromatic heterocycles. The lowest BCUT2D eigenvalue weighted by atomic mass is 9.80. The van der Waals surface area contributed by atoms with E-state index in [-0.39, 0.29) is 5.69 Å². The molecular formula is C6H3BF3N2-. The van der Waals surface area contributed by atoms with E-state index in [2.05, 4.69) is 4.98 Å². The van der Waals surface area contributed by atoms with Crippen LogP contribution in [0.3, 0.4) is 0 Å². The van der Waals surface area contributed by atoms with Gasteiger partial charge >= 0.3 is 6.98 Å². The van der Waals surface area contributed by atoms with Crippen LogP contribution in [-0.2, 0) is 0 Å². The molecule has 62 valence electrons. The van der Waals surface area contributed by atoms with E-state index in [1.165, 1.54) is 6.07 Å². The molecule has 0 N–H and O–H groups in total. The molecule has 0 unspecified atom stereocenters. The van der Waals surface area contributed by atoms with Crippen molar-refractivity contribution in [3.05, 3.63) is 24.0 Å². The van der Waals surface area contributed by atoms with Gasteiger partial charge in [-0.25, -0.2) is 4.98 Å². The number of hydrogen-bond donors (Lipinski definition) is 0. The SMILES string of the molecule is N#Cc1cc([B-](F)(F)F)ccn1. The maximum absolute atomic E-state index is 12.0. The summed E-state index contributed by atoms with van der Waals surface area (Å²) < 4.78 is 36.1. The molecule has 1 aromatic rings. The summed E-state index contributed by atoms with van der Waals surface area (Å²) >= 11 is 0. The van der Waals surface area contributed by atoms with Crippen LogP contribution in [0.15, 0.2) is 18.3 Å². The van der Waals surface area contributed by atoms with E-state index >= 15 is 0 Å². The van der Waals surface area contributed by atoms with Gasteiger partial charge in [0.25, 0.3) is 0 Å². The molecule has 0 aliphatic heterocycles. The zero-order chi connectivity index (χ0) is 9.19. The predicted octanol–water partition coefficient (Wildman–Crippen LogP) is 1.01. The summed E-state index contributed by atoms with van der Waals surface area (Å²) in [7, 11) is 0. The van der Waals surface area contributed by atoms with Crippen LogP contribution in [0.1, 0.15) is 5.69 Å². The van der Waals surface area contributed by atoms with Crippen molar-refractivity contribution in [2.24, 2.45) is 0 Å². The largest absolute Gasteiger partial charge is 0.509 e. The van der Waals surface area contributed by atoms with Crippen molar-refractivity contribution in [2.45, 2.75) is 0 Å². The molecule has 6 heteroatoms. The zero-order valence-corrected chi connectivity index (χ0v) is 5.84. The van der Waals surface area contributed by atoms with Gasteiger partial charge in [-0.15, -0.1) is 5.46 Å². The van der Waals surface area contributed by atoms with E-state index in [0.29, 0.717) is 0 Å². The third-order valence-electron chi connectivity index (χ3n) is 1.28. The zero-order valence-electron chi connectivity index (χ0n) is 5.84. The fourth-order valence-corrected chi connectivity index (χ4v) is 0.712. The Kier molecular flexibility index (Phi) is 2.04. The van der Waals surface area contributed by atoms with Crippen LogP contribution in [0.5, 0.6) is 0 Å². The highest BCUT2D eigenvalue weighted by Crippen LogP contribution is 2.08. The summed E-state index contributed by atoms with van der Waals surface area (Å²) in [5.74, 6) is 0. The Labute approximate surface area is 66.7 Å². The highest BCUT2D eigenvalue weighted by atomic mass is 19.4. The van der Waals surface area contributed by atoms with Gasteiger partial charge < -0.3 is 12.9 Å². The monoisotopic (exact) mass is 171 g/mol. The number of aromatic nitrogens is 1. The van der Waals surface area contributed by atoms with Gasteiger partial charge in [0.05, 0.1) is 0 Å². The van der Waals surface area contributed by atoms with Crippen LogP contribution in [0.25, 0.3) is 0 Å². The molecule has 0 bridgehead atoms. The average molecular weight is 171 g/mol. The Balaban J connectivity index is 3.13. The molecule has 0 atom stereocenters. The van der Waals surface area contributed by atoms with E-state index in [1.54, 1.807) is 0 Å². The van der Waals surface area contributed by atoms with Crippen LogP contribution in [0.2, 0.25) is 0 Å². The molecule has 0 saturated carbocycles. The van der Waals surface area contributed by atoms with Crippen molar-refractivity contribution in [2.75, 3.05) is 0 Å². The minimum Gasteiger partial charge on any atom is -0.445 e. The predicted molar refractivity (Wildman–Crippen MR) is 37.7 cm³/mol. The van der Waals surface area contributed by atoms with Gasteiger partial charge in [0.1, 0.15) is 11.8 Å². The molecule has 1 rings (SSSR count). The highest BCUT2D eigenvalue weighted by molar-refractivity contribution is 6.73. The summed E-state index contributed by atoms with van der Waals surface area (Å²) in [6, 6.07) is 3.12. The summed E-state index contributed by atoms with van der Waals surface area (Å²) in [5.41, 5.74) is -1.01. The van der Waals surface area contributed by atoms with Gasteiger partial charge in [0, 0.05) is 6.20 Å². The molecule has 0 radical (unpaired) electrons. The summed E-state index contributed by atoms with van der Waals surface area (Å²) in [6.07, 6.45) is 0.975. The number of rotatable bonds is 1. The van der Waals surface area contributed by atoms with Crippen molar-refractivity contribution < 1.29 is 12.9 Å². The minimum absolute atomic E-state index is 0.216. The van der Waals surface area contributed by atoms with Crippen LogP contribution in [0.4, 0.5) is 12.9 Å². The number of halogens is 3. The van der Waals surface area contributed by atoms with Crippen LogP contribution < -0.4 is 5.46 Å². The van der Waals surface area contributed by atoms with Gasteiger partial charge in [-0.1, -0.05) is 12.1 Å². The van der Waals surface area contributed by atoms with Crippen LogP contribution >= 0.6 is 0 Å². The fourth-order valence-electron chi connectivity index (χ4n) is 0.712. The van der Waals surface area contributed by atoms with E-state index in [4.69, 9.17) is 5.26 Å². The Morgan fingerprint density at radius 3 is 2.58 bits per heavy atom. The van der Waals surface area contributed by atoms with E-state index in [9.17, 15) is 12.9 Å². The Morgan fingerprint density at radius 2 is 2.08 bits per heavy atom. The third-order valence-corrected chi connectivity index (χ3v) is 1.28. The van der Waals surface area contributed by atoms with E-state index in [1.807, 2.05) is 0 Å². The van der Waals surface area contributed by atoms with Crippen molar-refractivity contribution in [1.29, 1.82) is 5.26 Å². The molecule has 0 saturated heterocycles. The van der Waals surface area contributed by atoms with Crippen molar-refractivity contribution in [3.8, 4) is 6.07 Å². The third kappa shape index (κ3) is 1.75. The average Bonchev–Trinajstić information content (AvgIpc) is 2.03. The number of pyridine rings is 1. The quantitative estimate of drug-likeness (QED) is 0.591. The van der Waals surface area contributed by atoms with Crippen molar-refractivity contribution >= 4 is 12.4 Å². The van der Waals surface area contributed by atoms with Gasteiger partial charge in [-0.2, -0.15) is 5.26 Å². The normalized spacial score (nSPS) is 10.8. The second kappa shape index (κ2) is 2.85. The second-order valence-electron chi connectivity index (χ2n) is 2.16. The lowest BCUT2D eigenvalue weighted by molar-refractivity contribution is 0.501. The molecule has 0 spiro atoms. The first-order valence-electron chi connectivity index (χ1n) is 3.10. The fraction of sp³-hybridized carbons (Fsp3) is 0. The molecule has 0 fully saturated rings. The van der Waals surface area contributed by atoms with Gasteiger partial charge in [-0.3, -0.25) is 0 Å². The first-order chi connectivity index (χ1) is 5.54. The molecule has 0 aliphatic carbocycles. The van der Waals surface area contributed by atoms with Crippen LogP contribution in [0, 0.1) is 11.3 Å². The first-order valence-corrected chi connectivity index (χ1v) is 3.10. The maximum atomic E-state index is 12.0. The number of hydrogen-bond acceptors (Lipinski definition) is 2. The highest BCUT2D eigenvalue weighted by Gasteiger charge is 2.25. The number of nitriles is 1. The van der Waals surface area contributed by atoms with Crippen molar-refractivity contribution in [1.82, 2.24) is 4.98 Å². The summed E-state index contributed by atoms with van der Waals surface area (Å²) in [6.45, 7) is -5.02. The molecule has 12 heavy (non-hydrogen) atoms. The van der Waals surface area contributed by atoms with E-state index in [0.717, 1.165) is 18.3 Å². The van der Waals surface area contributed by atoms with Crippen LogP contribution in [-0.4, -0.2) is 12.0 Å². The Morgan fingerprint density at radius 1 is 1.42 bits per heavy atom. The van der Waals surface area contributed by atoms with Gasteiger partial charge in [-0.05, 0) is 0 Å². The van der Waals surface area contributed by atoms with Crippen molar-refractivity contribution in [3.63, 3.8) is 0 Å². The number of nitrogens with zero attached hydrogens (tertiary/aromatic N) is 2. The Bertz CT molecular complexity index is 328. The maximum Gasteiger partial charge on any atom is 0.509 e. The molecule has 0 aliphatic rings. The first kappa shape index (κ1) is 8.59. The Hall–Kier alpha value is -1.51. The van der Waals surface area contributed by atoms with Gasteiger partial charge in [0.15, 0.2) is 0 Å². The lowest BCUT2D eigenvalue weighted by Crippen LogP contribution is -2.34.